The second-order valence-electron chi connectivity index (χ2n) is 5.35. The number of nitrogens with one attached hydrogen (secondary N) is 1. The maximum absolute atomic E-state index is 6.51. The fourth-order valence-electron chi connectivity index (χ4n) is 2.68. The average Bonchev–Trinajstić information content (AvgIpc) is 2.74. The maximum Gasteiger partial charge on any atom is 0.0675 e. The molecule has 1 heterocycles. The van der Waals surface area contributed by atoms with Crippen LogP contribution >= 0.6 is 11.6 Å². The van der Waals surface area contributed by atoms with Gasteiger partial charge in [-0.3, -0.25) is 4.68 Å². The molecular formula is C17H24ClN3. The van der Waals surface area contributed by atoms with Crippen LogP contribution in [-0.4, -0.2) is 16.3 Å². The van der Waals surface area contributed by atoms with Crippen molar-refractivity contribution in [3.05, 3.63) is 40.2 Å². The van der Waals surface area contributed by atoms with Crippen molar-refractivity contribution < 1.29 is 0 Å². The van der Waals surface area contributed by atoms with Gasteiger partial charge in [0.25, 0.3) is 0 Å². The second kappa shape index (κ2) is 7.10. The van der Waals surface area contributed by atoms with Gasteiger partial charge in [-0.15, -0.1) is 0 Å². The van der Waals surface area contributed by atoms with Crippen LogP contribution in [0, 0.1) is 13.8 Å². The third-order valence-electron chi connectivity index (χ3n) is 3.74. The summed E-state index contributed by atoms with van der Waals surface area (Å²) < 4.78 is 2.03. The Kier molecular flexibility index (Phi) is 5.43. The van der Waals surface area contributed by atoms with Crippen LogP contribution in [-0.2, 0) is 13.1 Å². The third-order valence-corrected chi connectivity index (χ3v) is 4.05. The van der Waals surface area contributed by atoms with Crippen molar-refractivity contribution in [2.45, 2.75) is 47.2 Å². The Balaban J connectivity index is 2.31. The Morgan fingerprint density at radius 1 is 1.24 bits per heavy atom. The number of aryl methyl sites for hydroxylation is 2. The summed E-state index contributed by atoms with van der Waals surface area (Å²) >= 11 is 6.51. The standard InChI is InChI=1S/C17H24ClN3/c1-5-9-19-11-14-7-8-15(16(18)10-14)17-12(3)20-21(6-2)13(17)4/h7-8,10,19H,5-6,9,11H2,1-4H3. The largest absolute Gasteiger partial charge is 0.313 e. The van der Waals surface area contributed by atoms with Crippen LogP contribution in [0.25, 0.3) is 11.1 Å². The normalized spacial score (nSPS) is 11.1. The van der Waals surface area contributed by atoms with Crippen LogP contribution in [0.2, 0.25) is 5.02 Å². The predicted octanol–water partition coefficient (Wildman–Crippen LogP) is 4.34. The topological polar surface area (TPSA) is 29.9 Å². The Hall–Kier alpha value is -1.32. The summed E-state index contributed by atoms with van der Waals surface area (Å²) in [7, 11) is 0. The summed E-state index contributed by atoms with van der Waals surface area (Å²) in [5, 5.41) is 8.77. The molecular weight excluding hydrogens is 282 g/mol. The molecule has 2 aromatic rings. The summed E-state index contributed by atoms with van der Waals surface area (Å²) in [5.41, 5.74) is 5.66. The number of hydrogen-bond donors (Lipinski definition) is 1. The molecule has 2 rings (SSSR count). The van der Waals surface area contributed by atoms with E-state index >= 15 is 0 Å². The Morgan fingerprint density at radius 3 is 2.57 bits per heavy atom. The van der Waals surface area contributed by atoms with Crippen molar-refractivity contribution in [3.8, 4) is 11.1 Å². The van der Waals surface area contributed by atoms with E-state index in [-0.39, 0.29) is 0 Å². The second-order valence-corrected chi connectivity index (χ2v) is 5.76. The van der Waals surface area contributed by atoms with E-state index in [1.54, 1.807) is 0 Å². The highest BCUT2D eigenvalue weighted by Gasteiger charge is 2.15. The van der Waals surface area contributed by atoms with Crippen molar-refractivity contribution in [2.24, 2.45) is 0 Å². The molecule has 0 atom stereocenters. The van der Waals surface area contributed by atoms with Crippen LogP contribution < -0.4 is 5.32 Å². The van der Waals surface area contributed by atoms with E-state index in [9.17, 15) is 0 Å². The van der Waals surface area contributed by atoms with Crippen molar-refractivity contribution >= 4 is 11.6 Å². The van der Waals surface area contributed by atoms with Crippen LogP contribution in [0.3, 0.4) is 0 Å². The first-order chi connectivity index (χ1) is 10.1. The molecule has 0 bridgehead atoms. The van der Waals surface area contributed by atoms with E-state index in [0.717, 1.165) is 47.9 Å². The van der Waals surface area contributed by atoms with Gasteiger partial charge in [-0.25, -0.2) is 0 Å². The first-order valence-corrected chi connectivity index (χ1v) is 7.99. The van der Waals surface area contributed by atoms with Crippen LogP contribution in [0.5, 0.6) is 0 Å². The van der Waals surface area contributed by atoms with E-state index in [1.807, 2.05) is 11.6 Å². The zero-order valence-corrected chi connectivity index (χ0v) is 14.1. The summed E-state index contributed by atoms with van der Waals surface area (Å²) in [6, 6.07) is 6.32. The molecule has 0 saturated heterocycles. The summed E-state index contributed by atoms with van der Waals surface area (Å²) in [6.45, 7) is 11.2. The molecule has 1 aromatic heterocycles. The summed E-state index contributed by atoms with van der Waals surface area (Å²) in [5.74, 6) is 0. The molecule has 0 amide bonds. The molecule has 1 N–H and O–H groups in total. The van der Waals surface area contributed by atoms with Crippen molar-refractivity contribution in [3.63, 3.8) is 0 Å². The highest BCUT2D eigenvalue weighted by atomic mass is 35.5. The molecule has 0 unspecified atom stereocenters. The van der Waals surface area contributed by atoms with Gasteiger partial charge in [-0.2, -0.15) is 5.10 Å². The van der Waals surface area contributed by atoms with Crippen LogP contribution in [0.4, 0.5) is 0 Å². The number of rotatable bonds is 6. The maximum atomic E-state index is 6.51. The molecule has 0 aliphatic carbocycles. The minimum Gasteiger partial charge on any atom is -0.313 e. The lowest BCUT2D eigenvalue weighted by Gasteiger charge is -2.09. The molecule has 0 radical (unpaired) electrons. The molecule has 114 valence electrons. The van der Waals surface area contributed by atoms with E-state index in [1.165, 1.54) is 11.3 Å². The van der Waals surface area contributed by atoms with E-state index in [4.69, 9.17) is 11.6 Å². The number of benzene rings is 1. The van der Waals surface area contributed by atoms with Crippen molar-refractivity contribution in [1.82, 2.24) is 15.1 Å². The van der Waals surface area contributed by atoms with Gasteiger partial charge in [-0.1, -0.05) is 30.7 Å². The molecule has 3 nitrogen and oxygen atoms in total. The summed E-state index contributed by atoms with van der Waals surface area (Å²) in [6.07, 6.45) is 1.14. The van der Waals surface area contributed by atoms with E-state index in [0.29, 0.717) is 0 Å². The van der Waals surface area contributed by atoms with Crippen molar-refractivity contribution in [1.29, 1.82) is 0 Å². The first kappa shape index (κ1) is 16.1. The van der Waals surface area contributed by atoms with Gasteiger partial charge in [0, 0.05) is 34.9 Å². The average molecular weight is 306 g/mol. The van der Waals surface area contributed by atoms with Gasteiger partial charge in [-0.05, 0) is 45.4 Å². The fraction of sp³-hybridized carbons (Fsp3) is 0.471. The molecule has 1 aromatic carbocycles. The zero-order chi connectivity index (χ0) is 15.4. The number of halogens is 1. The third kappa shape index (κ3) is 3.47. The van der Waals surface area contributed by atoms with Gasteiger partial charge in [0.2, 0.25) is 0 Å². The quantitative estimate of drug-likeness (QED) is 0.805. The van der Waals surface area contributed by atoms with E-state index in [2.05, 4.69) is 49.4 Å². The molecule has 4 heteroatoms. The number of hydrogen-bond acceptors (Lipinski definition) is 2. The smallest absolute Gasteiger partial charge is 0.0675 e. The lowest BCUT2D eigenvalue weighted by atomic mass is 10.0. The lowest BCUT2D eigenvalue weighted by molar-refractivity contribution is 0.634. The zero-order valence-electron chi connectivity index (χ0n) is 13.3. The minimum absolute atomic E-state index is 0.799. The molecule has 0 aliphatic rings. The van der Waals surface area contributed by atoms with Gasteiger partial charge in [0.15, 0.2) is 0 Å². The highest BCUT2D eigenvalue weighted by molar-refractivity contribution is 6.33. The van der Waals surface area contributed by atoms with Gasteiger partial charge >= 0.3 is 0 Å². The van der Waals surface area contributed by atoms with E-state index < -0.39 is 0 Å². The Labute approximate surface area is 132 Å². The number of aromatic nitrogens is 2. The predicted molar refractivity (Wildman–Crippen MR) is 89.8 cm³/mol. The highest BCUT2D eigenvalue weighted by Crippen LogP contribution is 2.33. The monoisotopic (exact) mass is 305 g/mol. The van der Waals surface area contributed by atoms with Gasteiger partial charge in [0.1, 0.15) is 0 Å². The lowest BCUT2D eigenvalue weighted by Crippen LogP contribution is -2.13. The van der Waals surface area contributed by atoms with Gasteiger partial charge in [0.05, 0.1) is 5.69 Å². The minimum atomic E-state index is 0.799. The van der Waals surface area contributed by atoms with Crippen LogP contribution in [0.1, 0.15) is 37.2 Å². The fourth-order valence-corrected chi connectivity index (χ4v) is 2.97. The molecule has 21 heavy (non-hydrogen) atoms. The Morgan fingerprint density at radius 2 is 2.00 bits per heavy atom. The number of nitrogens with zero attached hydrogens (tertiary/aromatic N) is 2. The Bertz CT molecular complexity index is 617. The SMILES string of the molecule is CCCNCc1ccc(-c2c(C)nn(CC)c2C)c(Cl)c1. The molecule has 0 aliphatic heterocycles. The van der Waals surface area contributed by atoms with Gasteiger partial charge < -0.3 is 5.32 Å². The molecule has 0 saturated carbocycles. The molecule has 0 spiro atoms. The van der Waals surface area contributed by atoms with Crippen LogP contribution in [0.15, 0.2) is 18.2 Å². The molecule has 0 fully saturated rings. The summed E-state index contributed by atoms with van der Waals surface area (Å²) in [4.78, 5) is 0. The first-order valence-electron chi connectivity index (χ1n) is 7.62. The van der Waals surface area contributed by atoms with Crippen molar-refractivity contribution in [2.75, 3.05) is 6.54 Å².